The van der Waals surface area contributed by atoms with Crippen molar-refractivity contribution in [3.63, 3.8) is 0 Å². The van der Waals surface area contributed by atoms with Crippen molar-refractivity contribution in [1.29, 1.82) is 0 Å². The molecule has 0 amide bonds. The van der Waals surface area contributed by atoms with Crippen LogP contribution in [0.3, 0.4) is 0 Å². The molecule has 2 aliphatic carbocycles. The van der Waals surface area contributed by atoms with Crippen molar-refractivity contribution in [2.45, 2.75) is 104 Å². The zero-order chi connectivity index (χ0) is 30.4. The van der Waals surface area contributed by atoms with Crippen LogP contribution in [0.5, 0.6) is 11.5 Å². The van der Waals surface area contributed by atoms with Crippen molar-refractivity contribution in [1.82, 2.24) is 5.32 Å². The van der Waals surface area contributed by atoms with Gasteiger partial charge in [-0.2, -0.15) is 0 Å². The summed E-state index contributed by atoms with van der Waals surface area (Å²) in [7, 11) is 0. The van der Waals surface area contributed by atoms with Crippen LogP contribution in [0.4, 0.5) is 0 Å². The lowest BCUT2D eigenvalue weighted by molar-refractivity contribution is -0.162. The maximum Gasteiger partial charge on any atom is 0.314 e. The minimum Gasteiger partial charge on any atom is -0.456 e. The molecule has 2 aromatic carbocycles. The molecule has 2 aliphatic rings. The standard InChI is InChI=1S/C34H45NO7/c1-7-28(35-34(4,5)6)30(42-32(38)26-19-21(26)2)24-17-18-29(41-31(37)23-13-11-12-14-23)27(20-24)33(39-22(3)36)40-25-15-9-8-10-16-25/h8-10,15-18,20-21,23,26,28,30,33,35H,7,11-14,19H2,1-6H3. The second kappa shape index (κ2) is 13.7. The Labute approximate surface area is 249 Å². The highest BCUT2D eigenvalue weighted by atomic mass is 16.7. The Morgan fingerprint density at radius 2 is 1.64 bits per heavy atom. The molecule has 2 fully saturated rings. The summed E-state index contributed by atoms with van der Waals surface area (Å²) in [6.45, 7) is 11.6. The van der Waals surface area contributed by atoms with Crippen LogP contribution in [-0.2, 0) is 23.9 Å². The highest BCUT2D eigenvalue weighted by molar-refractivity contribution is 5.77. The number of carbonyl (C=O) groups is 3. The highest BCUT2D eigenvalue weighted by Gasteiger charge is 2.43. The molecule has 0 radical (unpaired) electrons. The Hall–Kier alpha value is -3.39. The number of benzene rings is 2. The number of hydrogen-bond acceptors (Lipinski definition) is 8. The fourth-order valence-electron chi connectivity index (χ4n) is 5.49. The molecule has 2 aromatic rings. The molecule has 0 aromatic heterocycles. The zero-order valence-electron chi connectivity index (χ0n) is 25.7. The van der Waals surface area contributed by atoms with E-state index in [-0.39, 0.29) is 41.1 Å². The third-order valence-corrected chi connectivity index (χ3v) is 7.85. The van der Waals surface area contributed by atoms with Gasteiger partial charge in [-0.3, -0.25) is 14.4 Å². The Balaban J connectivity index is 1.77. The Morgan fingerprint density at radius 1 is 0.976 bits per heavy atom. The molecule has 0 saturated heterocycles. The van der Waals surface area contributed by atoms with Crippen LogP contribution >= 0.6 is 0 Å². The average molecular weight is 580 g/mol. The lowest BCUT2D eigenvalue weighted by Gasteiger charge is -2.34. The summed E-state index contributed by atoms with van der Waals surface area (Å²) in [6, 6.07) is 14.1. The fraction of sp³-hybridized carbons (Fsp3) is 0.559. The summed E-state index contributed by atoms with van der Waals surface area (Å²) >= 11 is 0. The SMILES string of the molecule is CCC(NC(C)(C)C)C(OC(=O)C1CC1C)c1ccc(OC(=O)C2CCCC2)c(C(OC(C)=O)Oc2ccccc2)c1. The van der Waals surface area contributed by atoms with E-state index in [1.165, 1.54) is 6.92 Å². The second-order valence-electron chi connectivity index (χ2n) is 12.7. The number of nitrogens with one attached hydrogen (secondary N) is 1. The van der Waals surface area contributed by atoms with Crippen molar-refractivity contribution in [2.24, 2.45) is 17.8 Å². The minimum absolute atomic E-state index is 0.110. The van der Waals surface area contributed by atoms with E-state index in [1.54, 1.807) is 24.3 Å². The van der Waals surface area contributed by atoms with Crippen molar-refractivity contribution >= 4 is 17.9 Å². The maximum atomic E-state index is 13.1. The van der Waals surface area contributed by atoms with Crippen LogP contribution in [0.15, 0.2) is 48.5 Å². The number of hydrogen-bond donors (Lipinski definition) is 1. The van der Waals surface area contributed by atoms with E-state index in [4.69, 9.17) is 18.9 Å². The van der Waals surface area contributed by atoms with Gasteiger partial charge in [0, 0.05) is 18.5 Å². The van der Waals surface area contributed by atoms with Gasteiger partial charge in [-0.25, -0.2) is 0 Å². The van der Waals surface area contributed by atoms with Gasteiger partial charge in [0.2, 0.25) is 0 Å². The van der Waals surface area contributed by atoms with Gasteiger partial charge in [0.1, 0.15) is 17.6 Å². The van der Waals surface area contributed by atoms with Crippen LogP contribution in [0, 0.1) is 17.8 Å². The van der Waals surface area contributed by atoms with E-state index in [0.717, 1.165) is 32.1 Å². The van der Waals surface area contributed by atoms with Gasteiger partial charge >= 0.3 is 17.9 Å². The Morgan fingerprint density at radius 3 is 2.21 bits per heavy atom. The number of ether oxygens (including phenoxy) is 4. The van der Waals surface area contributed by atoms with E-state index >= 15 is 0 Å². The van der Waals surface area contributed by atoms with Crippen LogP contribution in [-0.4, -0.2) is 29.5 Å². The van der Waals surface area contributed by atoms with Crippen LogP contribution in [0.2, 0.25) is 0 Å². The van der Waals surface area contributed by atoms with Crippen LogP contribution in [0.25, 0.3) is 0 Å². The van der Waals surface area contributed by atoms with Gasteiger partial charge in [0.05, 0.1) is 17.4 Å². The number of para-hydroxylation sites is 1. The predicted octanol–water partition coefficient (Wildman–Crippen LogP) is 6.83. The van der Waals surface area contributed by atoms with E-state index in [1.807, 2.05) is 38.1 Å². The molecular formula is C34H45NO7. The quantitative estimate of drug-likeness (QED) is 0.166. The van der Waals surface area contributed by atoms with Gasteiger partial charge in [0.25, 0.3) is 6.29 Å². The topological polar surface area (TPSA) is 100 Å². The van der Waals surface area contributed by atoms with Gasteiger partial charge < -0.3 is 24.3 Å². The Kier molecular flexibility index (Phi) is 10.3. The number of esters is 3. The summed E-state index contributed by atoms with van der Waals surface area (Å²) in [4.78, 5) is 38.5. The molecule has 5 atom stereocenters. The molecule has 42 heavy (non-hydrogen) atoms. The van der Waals surface area contributed by atoms with Crippen LogP contribution in [0.1, 0.15) is 104 Å². The molecule has 8 heteroatoms. The normalized spacial score (nSPS) is 20.7. The fourth-order valence-corrected chi connectivity index (χ4v) is 5.49. The zero-order valence-corrected chi connectivity index (χ0v) is 25.7. The molecular weight excluding hydrogens is 534 g/mol. The van der Waals surface area contributed by atoms with Crippen LogP contribution < -0.4 is 14.8 Å². The molecule has 0 spiro atoms. The molecule has 1 N–H and O–H groups in total. The smallest absolute Gasteiger partial charge is 0.314 e. The molecule has 8 nitrogen and oxygen atoms in total. The number of carbonyl (C=O) groups excluding carboxylic acids is 3. The summed E-state index contributed by atoms with van der Waals surface area (Å²) in [6.07, 6.45) is 3.22. The summed E-state index contributed by atoms with van der Waals surface area (Å²) in [5.41, 5.74) is 0.808. The van der Waals surface area contributed by atoms with Crippen molar-refractivity contribution in [2.75, 3.05) is 0 Å². The van der Waals surface area contributed by atoms with E-state index in [2.05, 4.69) is 26.1 Å². The second-order valence-corrected chi connectivity index (χ2v) is 12.7. The lowest BCUT2D eigenvalue weighted by Crippen LogP contribution is -2.47. The summed E-state index contributed by atoms with van der Waals surface area (Å²) < 4.78 is 24.0. The van der Waals surface area contributed by atoms with E-state index in [9.17, 15) is 14.4 Å². The van der Waals surface area contributed by atoms with Gasteiger partial charge in [-0.15, -0.1) is 0 Å². The first kappa shape index (κ1) is 31.5. The molecule has 5 unspecified atom stereocenters. The number of rotatable bonds is 12. The monoisotopic (exact) mass is 579 g/mol. The van der Waals surface area contributed by atoms with Crippen molar-refractivity contribution in [3.8, 4) is 11.5 Å². The third-order valence-electron chi connectivity index (χ3n) is 7.85. The molecule has 0 aliphatic heterocycles. The molecule has 2 saturated carbocycles. The van der Waals surface area contributed by atoms with Crippen molar-refractivity contribution in [3.05, 3.63) is 59.7 Å². The largest absolute Gasteiger partial charge is 0.456 e. The maximum absolute atomic E-state index is 13.1. The lowest BCUT2D eigenvalue weighted by atomic mass is 9.95. The molecule has 4 rings (SSSR count). The summed E-state index contributed by atoms with van der Waals surface area (Å²) in [5, 5.41) is 3.61. The van der Waals surface area contributed by atoms with Gasteiger partial charge in [0.15, 0.2) is 0 Å². The molecule has 0 bridgehead atoms. The Bertz CT molecular complexity index is 1230. The summed E-state index contributed by atoms with van der Waals surface area (Å²) in [5.74, 6) is -0.346. The third kappa shape index (κ3) is 8.57. The minimum atomic E-state index is -1.20. The highest BCUT2D eigenvalue weighted by Crippen LogP contribution is 2.41. The van der Waals surface area contributed by atoms with E-state index in [0.29, 0.717) is 29.2 Å². The van der Waals surface area contributed by atoms with Gasteiger partial charge in [-0.05, 0) is 82.2 Å². The first-order chi connectivity index (χ1) is 19.9. The first-order valence-electron chi connectivity index (χ1n) is 15.2. The predicted molar refractivity (Wildman–Crippen MR) is 159 cm³/mol. The first-order valence-corrected chi connectivity index (χ1v) is 15.2. The van der Waals surface area contributed by atoms with Gasteiger partial charge in [-0.1, -0.05) is 51.0 Å². The van der Waals surface area contributed by atoms with Crippen molar-refractivity contribution < 1.29 is 33.3 Å². The van der Waals surface area contributed by atoms with E-state index < -0.39 is 18.4 Å². The molecule has 0 heterocycles. The molecule has 228 valence electrons. The average Bonchev–Trinajstić information content (AvgIpc) is 3.41.